The molecule has 1 heterocycles. The second-order valence-electron chi connectivity index (χ2n) is 9.46. The van der Waals surface area contributed by atoms with Crippen LogP contribution >= 0.6 is 0 Å². The SMILES string of the molecule is COc1ccc(/C(O)=C2/C(=O)C(=O)N(c3ccc(C)cc3)C2c2ccc(OCC(C)C)cc2)cc1C. The van der Waals surface area contributed by atoms with Gasteiger partial charge in [-0.05, 0) is 73.4 Å². The van der Waals surface area contributed by atoms with Crippen LogP contribution in [0.15, 0.2) is 72.3 Å². The van der Waals surface area contributed by atoms with Crippen molar-refractivity contribution in [2.24, 2.45) is 5.92 Å². The number of nitrogens with zero attached hydrogens (tertiary/aromatic N) is 1. The lowest BCUT2D eigenvalue weighted by atomic mass is 9.94. The number of carbonyl (C=O) groups is 2. The van der Waals surface area contributed by atoms with Crippen LogP contribution in [-0.2, 0) is 9.59 Å². The molecule has 0 spiro atoms. The molecule has 1 N–H and O–H groups in total. The van der Waals surface area contributed by atoms with Crippen LogP contribution in [0.2, 0.25) is 0 Å². The van der Waals surface area contributed by atoms with Gasteiger partial charge >= 0.3 is 0 Å². The van der Waals surface area contributed by atoms with E-state index in [1.165, 1.54) is 4.90 Å². The number of anilines is 1. The number of carbonyl (C=O) groups excluding carboxylic acids is 2. The number of aliphatic hydroxyl groups excluding tert-OH is 1. The van der Waals surface area contributed by atoms with Gasteiger partial charge in [-0.1, -0.05) is 43.7 Å². The van der Waals surface area contributed by atoms with Gasteiger partial charge in [-0.15, -0.1) is 0 Å². The van der Waals surface area contributed by atoms with Gasteiger partial charge in [-0.25, -0.2) is 0 Å². The fourth-order valence-electron chi connectivity index (χ4n) is 4.31. The quantitative estimate of drug-likeness (QED) is 0.253. The topological polar surface area (TPSA) is 76.1 Å². The summed E-state index contributed by atoms with van der Waals surface area (Å²) in [6.07, 6.45) is 0. The summed E-state index contributed by atoms with van der Waals surface area (Å²) >= 11 is 0. The van der Waals surface area contributed by atoms with Crippen LogP contribution in [-0.4, -0.2) is 30.5 Å². The summed E-state index contributed by atoms with van der Waals surface area (Å²) in [6, 6.07) is 19.1. The van der Waals surface area contributed by atoms with Crippen molar-refractivity contribution in [1.82, 2.24) is 0 Å². The van der Waals surface area contributed by atoms with Crippen molar-refractivity contribution in [3.63, 3.8) is 0 Å². The maximum absolute atomic E-state index is 13.3. The fraction of sp³-hybridized carbons (Fsp3) is 0.267. The molecule has 1 aliphatic heterocycles. The van der Waals surface area contributed by atoms with Gasteiger partial charge in [0.05, 0.1) is 25.3 Å². The minimum absolute atomic E-state index is 0.0426. The number of rotatable bonds is 7. The molecule has 6 nitrogen and oxygen atoms in total. The van der Waals surface area contributed by atoms with Crippen molar-refractivity contribution in [3.05, 3.63) is 94.6 Å². The number of amides is 1. The monoisotopic (exact) mass is 485 g/mol. The second-order valence-corrected chi connectivity index (χ2v) is 9.46. The fourth-order valence-corrected chi connectivity index (χ4v) is 4.31. The summed E-state index contributed by atoms with van der Waals surface area (Å²) in [4.78, 5) is 28.1. The Morgan fingerprint density at radius 1 is 0.972 bits per heavy atom. The summed E-state index contributed by atoms with van der Waals surface area (Å²) < 4.78 is 11.1. The highest BCUT2D eigenvalue weighted by Crippen LogP contribution is 2.42. The molecule has 0 radical (unpaired) electrons. The Morgan fingerprint density at radius 3 is 2.22 bits per heavy atom. The van der Waals surface area contributed by atoms with E-state index < -0.39 is 17.7 Å². The van der Waals surface area contributed by atoms with Crippen LogP contribution in [0.4, 0.5) is 5.69 Å². The Balaban J connectivity index is 1.85. The van der Waals surface area contributed by atoms with Gasteiger partial charge in [0.25, 0.3) is 11.7 Å². The van der Waals surface area contributed by atoms with Crippen LogP contribution in [0.25, 0.3) is 5.76 Å². The number of aliphatic hydroxyl groups is 1. The molecule has 1 fully saturated rings. The van der Waals surface area contributed by atoms with Crippen LogP contribution in [0.1, 0.15) is 42.1 Å². The average Bonchev–Trinajstić information content (AvgIpc) is 3.13. The lowest BCUT2D eigenvalue weighted by molar-refractivity contribution is -0.132. The molecule has 0 saturated carbocycles. The Labute approximate surface area is 211 Å². The predicted octanol–water partition coefficient (Wildman–Crippen LogP) is 5.97. The van der Waals surface area contributed by atoms with E-state index in [4.69, 9.17) is 9.47 Å². The maximum atomic E-state index is 13.3. The molecule has 1 saturated heterocycles. The van der Waals surface area contributed by atoms with E-state index in [0.29, 0.717) is 40.8 Å². The summed E-state index contributed by atoms with van der Waals surface area (Å²) in [5, 5.41) is 11.4. The first kappa shape index (κ1) is 25.0. The van der Waals surface area contributed by atoms with Crippen LogP contribution in [0.3, 0.4) is 0 Å². The molecule has 4 rings (SSSR count). The molecule has 6 heteroatoms. The molecule has 1 aliphatic rings. The molecule has 186 valence electrons. The number of methoxy groups -OCH3 is 1. The molecule has 1 amide bonds. The predicted molar refractivity (Wildman–Crippen MR) is 140 cm³/mol. The van der Waals surface area contributed by atoms with E-state index in [9.17, 15) is 14.7 Å². The number of ether oxygens (including phenoxy) is 2. The zero-order valence-corrected chi connectivity index (χ0v) is 21.2. The molecular formula is C30H31NO5. The number of ketones is 1. The standard InChI is InChI=1S/C30H31NO5/c1-18(2)17-36-24-13-8-21(9-14-24)27-26(28(32)22-10-15-25(35-5)20(4)16-22)29(33)30(34)31(27)23-11-6-19(3)7-12-23/h6-16,18,27,32H,17H2,1-5H3/b28-26-. The van der Waals surface area contributed by atoms with E-state index >= 15 is 0 Å². The average molecular weight is 486 g/mol. The number of hydrogen-bond acceptors (Lipinski definition) is 5. The first-order valence-electron chi connectivity index (χ1n) is 12.0. The highest BCUT2D eigenvalue weighted by Gasteiger charge is 2.47. The van der Waals surface area contributed by atoms with Crippen LogP contribution in [0.5, 0.6) is 11.5 Å². The third kappa shape index (κ3) is 4.85. The Hall–Kier alpha value is -4.06. The summed E-state index contributed by atoms with van der Waals surface area (Å²) in [7, 11) is 1.57. The highest BCUT2D eigenvalue weighted by molar-refractivity contribution is 6.51. The number of hydrogen-bond donors (Lipinski definition) is 1. The molecule has 1 unspecified atom stereocenters. The van der Waals surface area contributed by atoms with E-state index in [-0.39, 0.29) is 11.3 Å². The van der Waals surface area contributed by atoms with Crippen LogP contribution < -0.4 is 14.4 Å². The first-order valence-corrected chi connectivity index (χ1v) is 12.0. The minimum atomic E-state index is -0.797. The Bertz CT molecular complexity index is 1310. The molecule has 3 aromatic rings. The molecule has 1 atom stereocenters. The zero-order valence-electron chi connectivity index (χ0n) is 21.2. The number of Topliss-reactive ketones (excluding diaryl/α,β-unsaturated/α-hetero) is 1. The smallest absolute Gasteiger partial charge is 0.300 e. The van der Waals surface area contributed by atoms with Gasteiger partial charge in [0.15, 0.2) is 0 Å². The van der Waals surface area contributed by atoms with Gasteiger partial charge in [-0.3, -0.25) is 14.5 Å². The van der Waals surface area contributed by atoms with Crippen LogP contribution in [0, 0.1) is 19.8 Å². The molecule has 36 heavy (non-hydrogen) atoms. The van der Waals surface area contributed by atoms with E-state index in [0.717, 1.165) is 11.1 Å². The third-order valence-corrected chi connectivity index (χ3v) is 6.20. The highest BCUT2D eigenvalue weighted by atomic mass is 16.5. The first-order chi connectivity index (χ1) is 17.2. The third-order valence-electron chi connectivity index (χ3n) is 6.20. The van der Waals surface area contributed by atoms with E-state index in [1.807, 2.05) is 62.4 Å². The molecule has 0 bridgehead atoms. The van der Waals surface area contributed by atoms with Crippen molar-refractivity contribution < 1.29 is 24.2 Å². The molecule has 0 aromatic heterocycles. The zero-order chi connectivity index (χ0) is 26.0. The Morgan fingerprint density at radius 2 is 1.64 bits per heavy atom. The Kier molecular flexibility index (Phi) is 7.15. The molecule has 0 aliphatic carbocycles. The summed E-state index contributed by atoms with van der Waals surface area (Å²) in [6.45, 7) is 8.54. The summed E-state index contributed by atoms with van der Waals surface area (Å²) in [5.41, 5.74) is 3.60. The molecular weight excluding hydrogens is 454 g/mol. The lowest BCUT2D eigenvalue weighted by Gasteiger charge is -2.26. The van der Waals surface area contributed by atoms with E-state index in [2.05, 4.69) is 13.8 Å². The van der Waals surface area contributed by atoms with Crippen molar-refractivity contribution in [3.8, 4) is 11.5 Å². The van der Waals surface area contributed by atoms with Crippen molar-refractivity contribution in [1.29, 1.82) is 0 Å². The van der Waals surface area contributed by atoms with Crippen molar-refractivity contribution >= 4 is 23.1 Å². The van der Waals surface area contributed by atoms with E-state index in [1.54, 1.807) is 25.3 Å². The van der Waals surface area contributed by atoms with Crippen molar-refractivity contribution in [2.45, 2.75) is 33.7 Å². The number of benzene rings is 3. The normalized spacial score (nSPS) is 17.1. The maximum Gasteiger partial charge on any atom is 0.300 e. The minimum Gasteiger partial charge on any atom is -0.507 e. The second kappa shape index (κ2) is 10.3. The van der Waals surface area contributed by atoms with Gasteiger partial charge in [0.2, 0.25) is 0 Å². The van der Waals surface area contributed by atoms with Gasteiger partial charge in [-0.2, -0.15) is 0 Å². The number of aryl methyl sites for hydroxylation is 2. The van der Waals surface area contributed by atoms with Gasteiger partial charge in [0.1, 0.15) is 17.3 Å². The molecule has 3 aromatic carbocycles. The largest absolute Gasteiger partial charge is 0.507 e. The van der Waals surface area contributed by atoms with Gasteiger partial charge < -0.3 is 14.6 Å². The van der Waals surface area contributed by atoms with Gasteiger partial charge in [0, 0.05) is 11.3 Å². The van der Waals surface area contributed by atoms with Crippen molar-refractivity contribution in [2.75, 3.05) is 18.6 Å². The summed E-state index contributed by atoms with van der Waals surface area (Å²) in [5.74, 6) is 0.109. The lowest BCUT2D eigenvalue weighted by Crippen LogP contribution is -2.29.